The Kier molecular flexibility index (Phi) is 3.32. The molecule has 8 nitrogen and oxygen atoms in total. The van der Waals surface area contributed by atoms with E-state index in [1.165, 1.54) is 22.6 Å². The third kappa shape index (κ3) is 2.43. The van der Waals surface area contributed by atoms with Crippen molar-refractivity contribution in [3.05, 3.63) is 61.5 Å². The largest absolute Gasteiger partial charge is 0.325 e. The van der Waals surface area contributed by atoms with E-state index in [4.69, 9.17) is 0 Å². The first-order chi connectivity index (χ1) is 11.7. The lowest BCUT2D eigenvalue weighted by atomic mass is 10.1. The summed E-state index contributed by atoms with van der Waals surface area (Å²) < 4.78 is 4.11. The highest BCUT2D eigenvalue weighted by molar-refractivity contribution is 7.05. The number of rotatable bonds is 3. The van der Waals surface area contributed by atoms with Crippen molar-refractivity contribution in [2.75, 3.05) is 0 Å². The fraction of sp³-hybridized carbons (Fsp3) is 0.200. The van der Waals surface area contributed by atoms with Gasteiger partial charge in [-0.15, -0.1) is 10.2 Å². The highest BCUT2D eigenvalue weighted by atomic mass is 32.1. The minimum atomic E-state index is -0.585. The predicted molar refractivity (Wildman–Crippen MR) is 85.6 cm³/mol. The summed E-state index contributed by atoms with van der Waals surface area (Å²) >= 11 is 1.45. The molecule has 1 fully saturated rings. The zero-order valence-corrected chi connectivity index (χ0v) is 13.0. The van der Waals surface area contributed by atoms with Crippen LogP contribution >= 0.6 is 11.5 Å². The van der Waals surface area contributed by atoms with Gasteiger partial charge in [0, 0.05) is 23.2 Å². The van der Waals surface area contributed by atoms with Crippen molar-refractivity contribution >= 4 is 11.5 Å². The lowest BCUT2D eigenvalue weighted by Crippen LogP contribution is -2.23. The first-order valence-electron chi connectivity index (χ1n) is 7.18. The van der Waals surface area contributed by atoms with Crippen LogP contribution in [-0.2, 0) is 0 Å². The predicted octanol–water partition coefficient (Wildman–Crippen LogP) is 1.12. The first kappa shape index (κ1) is 14.5. The molecule has 2 N–H and O–H groups in total. The molecule has 118 valence electrons. The molecule has 0 spiro atoms. The van der Waals surface area contributed by atoms with Gasteiger partial charge in [0.1, 0.15) is 11.8 Å². The van der Waals surface area contributed by atoms with Crippen molar-refractivity contribution in [3.8, 4) is 17.3 Å². The SMILES string of the molecule is N#Cc1nnc(-c2c[nH]c(=O)[nH]c2=O)cc1[C@H]1C[C@@H]1c1ccns1. The van der Waals surface area contributed by atoms with Crippen LogP contribution in [0.1, 0.15) is 34.4 Å². The van der Waals surface area contributed by atoms with E-state index in [0.29, 0.717) is 11.6 Å². The molecule has 3 aromatic rings. The standard InChI is InChI=1S/C15H10N6O2S/c16-5-12-8(7-3-9(7)13-1-2-18-24-13)4-11(20-21-12)10-6-17-15(23)19-14(10)22/h1-2,4,6-7,9H,3H2,(H2,17,19,22,23)/t7-,9+/m1/s1. The summed E-state index contributed by atoms with van der Waals surface area (Å²) in [5, 5.41) is 17.2. The zero-order valence-electron chi connectivity index (χ0n) is 12.2. The lowest BCUT2D eigenvalue weighted by Gasteiger charge is -2.04. The van der Waals surface area contributed by atoms with Crippen LogP contribution < -0.4 is 11.2 Å². The van der Waals surface area contributed by atoms with Gasteiger partial charge in [0.05, 0.1) is 5.56 Å². The summed E-state index contributed by atoms with van der Waals surface area (Å²) in [5.41, 5.74) is 0.443. The van der Waals surface area contributed by atoms with Crippen LogP contribution in [0.25, 0.3) is 11.3 Å². The van der Waals surface area contributed by atoms with E-state index in [1.807, 2.05) is 6.07 Å². The summed E-state index contributed by atoms with van der Waals surface area (Å²) in [6.45, 7) is 0. The molecule has 0 amide bonds. The van der Waals surface area contributed by atoms with E-state index < -0.39 is 11.2 Å². The molecule has 2 atom stereocenters. The van der Waals surface area contributed by atoms with Crippen LogP contribution in [0.15, 0.2) is 34.1 Å². The van der Waals surface area contributed by atoms with Gasteiger partial charge in [-0.2, -0.15) is 5.26 Å². The lowest BCUT2D eigenvalue weighted by molar-refractivity contribution is 0.939. The molecule has 0 saturated heterocycles. The van der Waals surface area contributed by atoms with E-state index in [9.17, 15) is 14.9 Å². The van der Waals surface area contributed by atoms with E-state index in [-0.39, 0.29) is 17.2 Å². The fourth-order valence-electron chi connectivity index (χ4n) is 2.78. The average Bonchev–Trinajstić information content (AvgIpc) is 3.19. The van der Waals surface area contributed by atoms with Gasteiger partial charge < -0.3 is 4.98 Å². The smallest absolute Gasteiger partial charge is 0.313 e. The average molecular weight is 338 g/mol. The summed E-state index contributed by atoms with van der Waals surface area (Å²) in [6.07, 6.45) is 3.97. The van der Waals surface area contributed by atoms with Crippen molar-refractivity contribution in [2.24, 2.45) is 0 Å². The molecule has 0 radical (unpaired) electrons. The Labute approximate surface area is 139 Å². The van der Waals surface area contributed by atoms with Gasteiger partial charge in [0.2, 0.25) is 0 Å². The third-order valence-corrected chi connectivity index (χ3v) is 4.91. The minimum absolute atomic E-state index is 0.163. The Hall–Kier alpha value is -3.12. The zero-order chi connectivity index (χ0) is 16.7. The van der Waals surface area contributed by atoms with Crippen LogP contribution in [0.2, 0.25) is 0 Å². The number of nitrogens with zero attached hydrogens (tertiary/aromatic N) is 4. The van der Waals surface area contributed by atoms with Crippen molar-refractivity contribution in [2.45, 2.75) is 18.3 Å². The third-order valence-electron chi connectivity index (χ3n) is 4.04. The molecular formula is C15H10N6O2S. The van der Waals surface area contributed by atoms with Crippen molar-refractivity contribution in [3.63, 3.8) is 0 Å². The molecule has 1 aliphatic rings. The Morgan fingerprint density at radius 3 is 2.88 bits per heavy atom. The van der Waals surface area contributed by atoms with Gasteiger partial charge in [-0.25, -0.2) is 9.17 Å². The summed E-state index contributed by atoms with van der Waals surface area (Å²) in [7, 11) is 0. The maximum Gasteiger partial charge on any atom is 0.325 e. The van der Waals surface area contributed by atoms with E-state index in [2.05, 4.69) is 30.6 Å². The number of hydrogen-bond acceptors (Lipinski definition) is 7. The van der Waals surface area contributed by atoms with Gasteiger partial charge in [-0.05, 0) is 41.6 Å². The Morgan fingerprint density at radius 2 is 2.17 bits per heavy atom. The van der Waals surface area contributed by atoms with E-state index in [0.717, 1.165) is 12.0 Å². The van der Waals surface area contributed by atoms with Gasteiger partial charge >= 0.3 is 5.69 Å². The quantitative estimate of drug-likeness (QED) is 0.736. The molecule has 3 aromatic heterocycles. The van der Waals surface area contributed by atoms with Crippen LogP contribution in [-0.4, -0.2) is 24.5 Å². The van der Waals surface area contributed by atoms with Crippen LogP contribution in [0.3, 0.4) is 0 Å². The van der Waals surface area contributed by atoms with Crippen molar-refractivity contribution < 1.29 is 0 Å². The fourth-order valence-corrected chi connectivity index (χ4v) is 3.54. The number of H-pyrrole nitrogens is 2. The number of nitriles is 1. The molecule has 0 unspecified atom stereocenters. The van der Waals surface area contributed by atoms with Gasteiger partial charge in [-0.1, -0.05) is 0 Å². The van der Waals surface area contributed by atoms with Gasteiger partial charge in [0.15, 0.2) is 5.69 Å². The molecule has 9 heteroatoms. The van der Waals surface area contributed by atoms with Gasteiger partial charge in [-0.3, -0.25) is 9.78 Å². The minimum Gasteiger partial charge on any atom is -0.313 e. The molecule has 0 bridgehead atoms. The molecule has 1 aliphatic carbocycles. The number of aromatic amines is 2. The second-order valence-corrected chi connectivity index (χ2v) is 6.36. The van der Waals surface area contributed by atoms with E-state index in [1.54, 1.807) is 12.3 Å². The normalized spacial score (nSPS) is 19.0. The van der Waals surface area contributed by atoms with Gasteiger partial charge in [0.25, 0.3) is 5.56 Å². The first-order valence-corrected chi connectivity index (χ1v) is 7.95. The van der Waals surface area contributed by atoms with Crippen LogP contribution in [0.5, 0.6) is 0 Å². The number of nitrogens with one attached hydrogen (secondary N) is 2. The maximum absolute atomic E-state index is 11.9. The Balaban J connectivity index is 1.76. The summed E-state index contributed by atoms with van der Waals surface area (Å²) in [5.74, 6) is 0.478. The number of hydrogen-bond donors (Lipinski definition) is 2. The van der Waals surface area contributed by atoms with Crippen molar-refractivity contribution in [1.82, 2.24) is 24.5 Å². The molecule has 0 aromatic carbocycles. The molecule has 24 heavy (non-hydrogen) atoms. The van der Waals surface area contributed by atoms with Crippen LogP contribution in [0, 0.1) is 11.3 Å². The van der Waals surface area contributed by atoms with E-state index >= 15 is 0 Å². The van der Waals surface area contributed by atoms with Crippen LogP contribution in [0.4, 0.5) is 0 Å². The topological polar surface area (TPSA) is 128 Å². The Morgan fingerprint density at radius 1 is 1.29 bits per heavy atom. The highest BCUT2D eigenvalue weighted by Crippen LogP contribution is 2.56. The molecule has 3 heterocycles. The second kappa shape index (κ2) is 5.50. The molecule has 1 saturated carbocycles. The molecular weight excluding hydrogens is 328 g/mol. The number of aromatic nitrogens is 5. The highest BCUT2D eigenvalue weighted by Gasteiger charge is 2.42. The summed E-state index contributed by atoms with van der Waals surface area (Å²) in [4.78, 5) is 28.8. The van der Waals surface area contributed by atoms with Crippen molar-refractivity contribution in [1.29, 1.82) is 5.26 Å². The molecule has 4 rings (SSSR count). The Bertz CT molecular complexity index is 1060. The summed E-state index contributed by atoms with van der Waals surface area (Å²) in [6, 6.07) is 5.74. The molecule has 0 aliphatic heterocycles. The second-order valence-electron chi connectivity index (χ2n) is 5.49. The maximum atomic E-state index is 11.9. The monoisotopic (exact) mass is 338 g/mol.